The Morgan fingerprint density at radius 2 is 2.04 bits per heavy atom. The van der Waals surface area contributed by atoms with Crippen LogP contribution in [0.5, 0.6) is 0 Å². The van der Waals surface area contributed by atoms with E-state index in [0.29, 0.717) is 30.0 Å². The van der Waals surface area contributed by atoms with Crippen LogP contribution >= 0.6 is 0 Å². The third kappa shape index (κ3) is 4.40. The van der Waals surface area contributed by atoms with E-state index in [0.717, 1.165) is 0 Å². The maximum atomic E-state index is 12.5. The number of nitrogens with zero attached hydrogens (tertiary/aromatic N) is 3. The van der Waals surface area contributed by atoms with E-state index in [-0.39, 0.29) is 30.6 Å². The van der Waals surface area contributed by atoms with E-state index in [1.165, 1.54) is 10.9 Å². The van der Waals surface area contributed by atoms with Crippen LogP contribution in [0.1, 0.15) is 24.2 Å². The molecule has 0 spiro atoms. The summed E-state index contributed by atoms with van der Waals surface area (Å²) in [4.78, 5) is 26.5. The zero-order valence-corrected chi connectivity index (χ0v) is 14.9. The second kappa shape index (κ2) is 7.57. The van der Waals surface area contributed by atoms with Gasteiger partial charge in [0.1, 0.15) is 6.54 Å². The van der Waals surface area contributed by atoms with Crippen LogP contribution in [-0.4, -0.2) is 51.8 Å². The zero-order chi connectivity index (χ0) is 18.7. The van der Waals surface area contributed by atoms with Crippen LogP contribution in [-0.2, 0) is 16.1 Å². The van der Waals surface area contributed by atoms with Gasteiger partial charge in [-0.05, 0) is 32.0 Å². The molecule has 1 fully saturated rings. The summed E-state index contributed by atoms with van der Waals surface area (Å²) >= 11 is 0. The van der Waals surface area contributed by atoms with Crippen molar-refractivity contribution in [1.82, 2.24) is 14.7 Å². The van der Waals surface area contributed by atoms with Crippen molar-refractivity contribution in [3.8, 4) is 0 Å². The van der Waals surface area contributed by atoms with Gasteiger partial charge in [-0.25, -0.2) is 0 Å². The third-order valence-electron chi connectivity index (χ3n) is 4.11. The second-order valence-corrected chi connectivity index (χ2v) is 6.56. The number of anilines is 2. The lowest BCUT2D eigenvalue weighted by molar-refractivity contribution is -0.144. The molecule has 1 aliphatic rings. The number of morpholine rings is 1. The van der Waals surface area contributed by atoms with Gasteiger partial charge in [-0.15, -0.1) is 0 Å². The number of aromatic nitrogens is 2. The first-order valence-corrected chi connectivity index (χ1v) is 8.53. The van der Waals surface area contributed by atoms with Crippen molar-refractivity contribution in [3.63, 3.8) is 0 Å². The number of nitrogens with one attached hydrogen (secondary N) is 1. The quantitative estimate of drug-likeness (QED) is 0.804. The molecule has 1 aromatic carbocycles. The van der Waals surface area contributed by atoms with Crippen LogP contribution in [0.4, 0.5) is 11.4 Å². The molecule has 8 nitrogen and oxygen atoms in total. The lowest BCUT2D eigenvalue weighted by atomic mass is 10.2. The monoisotopic (exact) mass is 357 g/mol. The molecule has 0 bridgehead atoms. The van der Waals surface area contributed by atoms with Crippen molar-refractivity contribution in [2.75, 3.05) is 24.1 Å². The average Bonchev–Trinajstić information content (AvgIpc) is 3.00. The molecule has 1 aromatic heterocycles. The first kappa shape index (κ1) is 17.9. The lowest BCUT2D eigenvalue weighted by Gasteiger charge is -2.35. The summed E-state index contributed by atoms with van der Waals surface area (Å²) in [7, 11) is 0. The third-order valence-corrected chi connectivity index (χ3v) is 4.11. The summed E-state index contributed by atoms with van der Waals surface area (Å²) in [5.74, 6) is -0.303. The minimum Gasteiger partial charge on any atom is -0.399 e. The van der Waals surface area contributed by atoms with Crippen LogP contribution in [0.2, 0.25) is 0 Å². The number of nitrogens with two attached hydrogens (primary N) is 1. The average molecular weight is 357 g/mol. The van der Waals surface area contributed by atoms with E-state index in [1.54, 1.807) is 35.4 Å². The molecule has 1 saturated heterocycles. The Hall–Kier alpha value is -2.87. The van der Waals surface area contributed by atoms with Crippen molar-refractivity contribution in [3.05, 3.63) is 42.2 Å². The molecular weight excluding hydrogens is 334 g/mol. The smallest absolute Gasteiger partial charge is 0.255 e. The Kier molecular flexibility index (Phi) is 5.22. The van der Waals surface area contributed by atoms with Crippen LogP contribution < -0.4 is 11.1 Å². The number of carbonyl (C=O) groups is 2. The predicted octanol–water partition coefficient (Wildman–Crippen LogP) is 1.35. The molecule has 8 heteroatoms. The summed E-state index contributed by atoms with van der Waals surface area (Å²) in [6.07, 6.45) is 3.19. The van der Waals surface area contributed by atoms with Crippen molar-refractivity contribution in [2.45, 2.75) is 32.6 Å². The first-order chi connectivity index (χ1) is 12.4. The van der Waals surface area contributed by atoms with Crippen LogP contribution in [0.15, 0.2) is 36.7 Å². The van der Waals surface area contributed by atoms with E-state index in [4.69, 9.17) is 10.5 Å². The van der Waals surface area contributed by atoms with Gasteiger partial charge in [0.05, 0.1) is 24.1 Å². The van der Waals surface area contributed by atoms with Gasteiger partial charge in [-0.2, -0.15) is 5.10 Å². The van der Waals surface area contributed by atoms with Gasteiger partial charge in [-0.3, -0.25) is 14.3 Å². The van der Waals surface area contributed by atoms with Crippen molar-refractivity contribution in [2.24, 2.45) is 0 Å². The molecule has 0 saturated carbocycles. The number of amides is 2. The van der Waals surface area contributed by atoms with E-state index < -0.39 is 0 Å². The number of rotatable bonds is 4. The number of carbonyl (C=O) groups excluding carboxylic acids is 2. The molecule has 0 aliphatic carbocycles. The number of ether oxygens (including phenoxy) is 1. The normalized spacial score (nSPS) is 20.0. The zero-order valence-electron chi connectivity index (χ0n) is 14.9. The topological polar surface area (TPSA) is 102 Å². The minimum atomic E-state index is -0.279. The molecule has 2 amide bonds. The summed E-state index contributed by atoms with van der Waals surface area (Å²) in [6.45, 7) is 5.17. The van der Waals surface area contributed by atoms with Gasteiger partial charge >= 0.3 is 0 Å². The maximum absolute atomic E-state index is 12.5. The van der Waals surface area contributed by atoms with Gasteiger partial charge < -0.3 is 20.7 Å². The van der Waals surface area contributed by atoms with E-state index in [1.807, 2.05) is 13.8 Å². The van der Waals surface area contributed by atoms with Gasteiger partial charge in [0, 0.05) is 30.5 Å². The molecule has 138 valence electrons. The minimum absolute atomic E-state index is 0.0217. The Morgan fingerprint density at radius 3 is 2.73 bits per heavy atom. The highest BCUT2D eigenvalue weighted by Crippen LogP contribution is 2.13. The van der Waals surface area contributed by atoms with Crippen molar-refractivity contribution >= 4 is 23.2 Å². The molecular formula is C18H23N5O3. The lowest BCUT2D eigenvalue weighted by Crippen LogP contribution is -2.49. The number of benzene rings is 1. The Labute approximate surface area is 151 Å². The second-order valence-electron chi connectivity index (χ2n) is 6.56. The molecule has 2 unspecified atom stereocenters. The van der Waals surface area contributed by atoms with Crippen LogP contribution in [0.25, 0.3) is 0 Å². The molecule has 3 N–H and O–H groups in total. The van der Waals surface area contributed by atoms with Gasteiger partial charge in [0.2, 0.25) is 5.91 Å². The number of hydrogen-bond acceptors (Lipinski definition) is 5. The molecule has 0 radical (unpaired) electrons. The number of hydrogen-bond donors (Lipinski definition) is 2. The SMILES string of the molecule is CC1CN(C(=O)Cn2cc(NC(=O)c3cccc(N)c3)cn2)CC(C)O1. The van der Waals surface area contributed by atoms with Crippen LogP contribution in [0.3, 0.4) is 0 Å². The largest absolute Gasteiger partial charge is 0.399 e. The molecule has 3 rings (SSSR count). The molecule has 2 heterocycles. The van der Waals surface area contributed by atoms with E-state index >= 15 is 0 Å². The fourth-order valence-electron chi connectivity index (χ4n) is 3.02. The molecule has 2 atom stereocenters. The summed E-state index contributed by atoms with van der Waals surface area (Å²) in [5, 5.41) is 6.90. The van der Waals surface area contributed by atoms with E-state index in [9.17, 15) is 9.59 Å². The van der Waals surface area contributed by atoms with Crippen molar-refractivity contribution in [1.29, 1.82) is 0 Å². The standard InChI is InChI=1S/C18H23N5O3/c1-12-8-22(9-13(2)26-12)17(24)11-23-10-16(7-20-23)21-18(25)14-4-3-5-15(19)6-14/h3-7,10,12-13H,8-9,11,19H2,1-2H3,(H,21,25). The summed E-state index contributed by atoms with van der Waals surface area (Å²) < 4.78 is 7.16. The molecule has 2 aromatic rings. The predicted molar refractivity (Wildman–Crippen MR) is 97.6 cm³/mol. The summed E-state index contributed by atoms with van der Waals surface area (Å²) in [6, 6.07) is 6.72. The van der Waals surface area contributed by atoms with Gasteiger partial charge in [0.15, 0.2) is 0 Å². The van der Waals surface area contributed by atoms with Crippen molar-refractivity contribution < 1.29 is 14.3 Å². The highest BCUT2D eigenvalue weighted by Gasteiger charge is 2.26. The highest BCUT2D eigenvalue weighted by atomic mass is 16.5. The molecule has 26 heavy (non-hydrogen) atoms. The van der Waals surface area contributed by atoms with Gasteiger partial charge in [0.25, 0.3) is 5.91 Å². The van der Waals surface area contributed by atoms with Gasteiger partial charge in [-0.1, -0.05) is 6.07 Å². The Balaban J connectivity index is 1.59. The Morgan fingerprint density at radius 1 is 1.31 bits per heavy atom. The maximum Gasteiger partial charge on any atom is 0.255 e. The Bertz CT molecular complexity index is 794. The first-order valence-electron chi connectivity index (χ1n) is 8.53. The highest BCUT2D eigenvalue weighted by molar-refractivity contribution is 6.04. The number of nitrogen functional groups attached to an aromatic ring is 1. The van der Waals surface area contributed by atoms with Crippen LogP contribution in [0, 0.1) is 0 Å². The fraction of sp³-hybridized carbons (Fsp3) is 0.389. The fourth-order valence-corrected chi connectivity index (χ4v) is 3.02. The molecule has 1 aliphatic heterocycles. The summed E-state index contributed by atoms with van der Waals surface area (Å²) in [5.41, 5.74) is 7.20. The van der Waals surface area contributed by atoms with E-state index in [2.05, 4.69) is 10.4 Å².